The van der Waals surface area contributed by atoms with Crippen LogP contribution in [0, 0.1) is 12.8 Å². The lowest BCUT2D eigenvalue weighted by Gasteiger charge is -2.16. The van der Waals surface area contributed by atoms with Gasteiger partial charge in [0.05, 0.1) is 0 Å². The zero-order valence-corrected chi connectivity index (χ0v) is 14.5. The second-order valence-electron chi connectivity index (χ2n) is 5.96. The van der Waals surface area contributed by atoms with Crippen LogP contribution in [0.5, 0.6) is 0 Å². The minimum Gasteiger partial charge on any atom is -0.313 e. The molecule has 0 spiro atoms. The summed E-state index contributed by atoms with van der Waals surface area (Å²) >= 11 is 0. The van der Waals surface area contributed by atoms with E-state index in [1.807, 2.05) is 13.8 Å². The van der Waals surface area contributed by atoms with E-state index in [1.165, 1.54) is 0 Å². The molecule has 0 aliphatic rings. The van der Waals surface area contributed by atoms with E-state index in [0.717, 1.165) is 25.1 Å². The summed E-state index contributed by atoms with van der Waals surface area (Å²) in [5.41, 5.74) is 1.50. The Morgan fingerprint density at radius 1 is 1.29 bits per heavy atom. The molecular weight excluding hydrogens is 288 g/mol. The molecule has 7 heteroatoms. The normalized spacial score (nSPS) is 13.8. The van der Waals surface area contributed by atoms with Crippen molar-refractivity contribution in [2.45, 2.75) is 65.1 Å². The summed E-state index contributed by atoms with van der Waals surface area (Å²) in [5, 5.41) is 10.1. The summed E-state index contributed by atoms with van der Waals surface area (Å²) in [5.74, 6) is 0.439. The molecule has 122 valence electrons. The molecule has 1 rings (SSSR count). The molecule has 1 aromatic heterocycles. The maximum atomic E-state index is 12.5. The van der Waals surface area contributed by atoms with Crippen molar-refractivity contribution in [2.75, 3.05) is 6.54 Å². The van der Waals surface area contributed by atoms with E-state index in [1.54, 1.807) is 0 Å². The summed E-state index contributed by atoms with van der Waals surface area (Å²) in [6.07, 6.45) is 1.80. The van der Waals surface area contributed by atoms with E-state index >= 15 is 0 Å². The van der Waals surface area contributed by atoms with Crippen molar-refractivity contribution >= 4 is 10.0 Å². The van der Waals surface area contributed by atoms with Crippen LogP contribution >= 0.6 is 0 Å². The Hall–Kier alpha value is -0.920. The first-order valence-electron chi connectivity index (χ1n) is 7.54. The molecular formula is C14H28N4O2S. The van der Waals surface area contributed by atoms with Gasteiger partial charge in [0.2, 0.25) is 0 Å². The number of nitrogens with one attached hydrogen (secondary N) is 3. The maximum absolute atomic E-state index is 12.5. The number of rotatable bonds is 9. The molecule has 1 heterocycles. The Balaban J connectivity index is 2.87. The van der Waals surface area contributed by atoms with Gasteiger partial charge in [0.1, 0.15) is 0 Å². The number of aryl methyl sites for hydroxylation is 1. The van der Waals surface area contributed by atoms with Crippen molar-refractivity contribution in [3.8, 4) is 0 Å². The minimum absolute atomic E-state index is 0.108. The van der Waals surface area contributed by atoms with Crippen LogP contribution in [0.25, 0.3) is 0 Å². The highest BCUT2D eigenvalue weighted by atomic mass is 32.2. The van der Waals surface area contributed by atoms with Gasteiger partial charge in [-0.05, 0) is 39.2 Å². The molecule has 0 bridgehead atoms. The van der Waals surface area contributed by atoms with E-state index in [0.29, 0.717) is 18.0 Å². The van der Waals surface area contributed by atoms with Crippen LogP contribution in [-0.2, 0) is 16.6 Å². The molecule has 1 aromatic rings. The number of H-pyrrole nitrogens is 1. The van der Waals surface area contributed by atoms with Crippen LogP contribution in [0.4, 0.5) is 0 Å². The summed E-state index contributed by atoms with van der Waals surface area (Å²) < 4.78 is 27.6. The molecule has 0 amide bonds. The molecule has 0 saturated heterocycles. The second kappa shape index (κ2) is 7.91. The van der Waals surface area contributed by atoms with Gasteiger partial charge >= 0.3 is 0 Å². The SMILES string of the molecule is CCCNCc1c(S(=O)(=O)NC(C)CC(C)C)n[nH]c1C. The first kappa shape index (κ1) is 18.1. The van der Waals surface area contributed by atoms with Crippen LogP contribution in [-0.4, -0.2) is 31.2 Å². The Morgan fingerprint density at radius 2 is 1.95 bits per heavy atom. The van der Waals surface area contributed by atoms with E-state index < -0.39 is 10.0 Å². The van der Waals surface area contributed by atoms with Crippen LogP contribution in [0.1, 0.15) is 51.8 Å². The topological polar surface area (TPSA) is 86.9 Å². The minimum atomic E-state index is -3.58. The first-order chi connectivity index (χ1) is 9.77. The van der Waals surface area contributed by atoms with Gasteiger partial charge in [-0.25, -0.2) is 13.1 Å². The number of sulfonamides is 1. The number of aromatic amines is 1. The maximum Gasteiger partial charge on any atom is 0.260 e. The van der Waals surface area contributed by atoms with Crippen LogP contribution in [0.3, 0.4) is 0 Å². The fourth-order valence-corrected chi connectivity index (χ4v) is 3.78. The predicted octanol–water partition coefficient (Wildman–Crippen LogP) is 1.93. The average molecular weight is 316 g/mol. The fourth-order valence-electron chi connectivity index (χ4n) is 2.33. The zero-order valence-electron chi connectivity index (χ0n) is 13.7. The third kappa shape index (κ3) is 5.41. The Labute approximate surface area is 128 Å². The Kier molecular flexibility index (Phi) is 6.83. The van der Waals surface area contributed by atoms with Crippen molar-refractivity contribution in [1.29, 1.82) is 0 Å². The van der Waals surface area contributed by atoms with Gasteiger partial charge in [-0.15, -0.1) is 0 Å². The molecule has 6 nitrogen and oxygen atoms in total. The average Bonchev–Trinajstić information content (AvgIpc) is 2.70. The van der Waals surface area contributed by atoms with Crippen molar-refractivity contribution in [1.82, 2.24) is 20.2 Å². The number of hydrogen-bond acceptors (Lipinski definition) is 4. The Morgan fingerprint density at radius 3 is 2.52 bits per heavy atom. The van der Waals surface area contributed by atoms with Crippen molar-refractivity contribution in [3.63, 3.8) is 0 Å². The quantitative estimate of drug-likeness (QED) is 0.608. The first-order valence-corrected chi connectivity index (χ1v) is 9.03. The van der Waals surface area contributed by atoms with Gasteiger partial charge in [0.25, 0.3) is 10.0 Å². The van der Waals surface area contributed by atoms with Gasteiger partial charge < -0.3 is 5.32 Å². The lowest BCUT2D eigenvalue weighted by Crippen LogP contribution is -2.34. The molecule has 0 radical (unpaired) electrons. The third-order valence-electron chi connectivity index (χ3n) is 3.20. The lowest BCUT2D eigenvalue weighted by molar-refractivity contribution is 0.481. The van der Waals surface area contributed by atoms with E-state index in [4.69, 9.17) is 0 Å². The zero-order chi connectivity index (χ0) is 16.0. The molecule has 1 unspecified atom stereocenters. The van der Waals surface area contributed by atoms with Gasteiger partial charge in [-0.2, -0.15) is 5.10 Å². The fraction of sp³-hybridized carbons (Fsp3) is 0.786. The van der Waals surface area contributed by atoms with Crippen LogP contribution in [0.2, 0.25) is 0 Å². The largest absolute Gasteiger partial charge is 0.313 e. The number of hydrogen-bond donors (Lipinski definition) is 3. The molecule has 0 fully saturated rings. The highest BCUT2D eigenvalue weighted by Gasteiger charge is 2.25. The lowest BCUT2D eigenvalue weighted by atomic mass is 10.1. The number of aromatic nitrogens is 2. The molecule has 0 aliphatic heterocycles. The van der Waals surface area contributed by atoms with Gasteiger partial charge in [0, 0.05) is 23.8 Å². The second-order valence-corrected chi connectivity index (χ2v) is 7.59. The third-order valence-corrected chi connectivity index (χ3v) is 4.76. The molecule has 21 heavy (non-hydrogen) atoms. The molecule has 1 atom stereocenters. The van der Waals surface area contributed by atoms with E-state index in [2.05, 4.69) is 41.0 Å². The molecule has 0 aliphatic carbocycles. The monoisotopic (exact) mass is 316 g/mol. The van der Waals surface area contributed by atoms with E-state index in [9.17, 15) is 8.42 Å². The van der Waals surface area contributed by atoms with Crippen LogP contribution < -0.4 is 10.0 Å². The van der Waals surface area contributed by atoms with Gasteiger partial charge in [0.15, 0.2) is 5.03 Å². The smallest absolute Gasteiger partial charge is 0.260 e. The Bertz CT molecular complexity index is 537. The van der Waals surface area contributed by atoms with E-state index in [-0.39, 0.29) is 11.1 Å². The number of nitrogens with zero attached hydrogens (tertiary/aromatic N) is 1. The summed E-state index contributed by atoms with van der Waals surface area (Å²) in [6, 6.07) is -0.108. The molecule has 0 saturated carbocycles. The van der Waals surface area contributed by atoms with Gasteiger partial charge in [-0.1, -0.05) is 20.8 Å². The van der Waals surface area contributed by atoms with Crippen molar-refractivity contribution in [3.05, 3.63) is 11.3 Å². The van der Waals surface area contributed by atoms with Crippen molar-refractivity contribution < 1.29 is 8.42 Å². The predicted molar refractivity (Wildman–Crippen MR) is 84.6 cm³/mol. The summed E-state index contributed by atoms with van der Waals surface area (Å²) in [4.78, 5) is 0. The van der Waals surface area contributed by atoms with Crippen molar-refractivity contribution in [2.24, 2.45) is 5.92 Å². The molecule has 0 aromatic carbocycles. The highest BCUT2D eigenvalue weighted by Crippen LogP contribution is 2.17. The summed E-state index contributed by atoms with van der Waals surface area (Å²) in [7, 11) is -3.58. The standard InChI is InChI=1S/C14H28N4O2S/c1-6-7-15-9-13-12(5)16-17-14(13)21(19,20)18-11(4)8-10(2)3/h10-11,15,18H,6-9H2,1-5H3,(H,16,17). The van der Waals surface area contributed by atoms with Gasteiger partial charge in [-0.3, -0.25) is 5.10 Å². The highest BCUT2D eigenvalue weighted by molar-refractivity contribution is 7.89. The summed E-state index contributed by atoms with van der Waals surface area (Å²) in [6.45, 7) is 11.3. The molecule has 3 N–H and O–H groups in total. The van der Waals surface area contributed by atoms with Crippen LogP contribution in [0.15, 0.2) is 5.03 Å².